The normalized spacial score (nSPS) is 12.7. The summed E-state index contributed by atoms with van der Waals surface area (Å²) in [7, 11) is 0. The van der Waals surface area contributed by atoms with Crippen molar-refractivity contribution >= 4 is 33.9 Å². The molecule has 0 aliphatic rings. The highest BCUT2D eigenvalue weighted by Gasteiger charge is 2.21. The van der Waals surface area contributed by atoms with Crippen molar-refractivity contribution in [1.29, 1.82) is 0 Å². The fourth-order valence-electron chi connectivity index (χ4n) is 4.18. The van der Waals surface area contributed by atoms with Gasteiger partial charge >= 0.3 is 0 Å². The maximum absolute atomic E-state index is 13.4. The van der Waals surface area contributed by atoms with E-state index >= 15 is 0 Å². The number of aliphatic hydroxyl groups excluding tert-OH is 1. The largest absolute Gasteiger partial charge is 0.399 e. The molecule has 0 fully saturated rings. The Bertz CT molecular complexity index is 1300. The highest BCUT2D eigenvalue weighted by Crippen LogP contribution is 2.27. The lowest BCUT2D eigenvalue weighted by atomic mass is 9.94. The molecule has 7 N–H and O–H groups in total. The van der Waals surface area contributed by atoms with Crippen LogP contribution in [0.15, 0.2) is 79.0 Å². The molecule has 4 rings (SSSR count). The van der Waals surface area contributed by atoms with E-state index in [2.05, 4.69) is 15.6 Å². The number of benzene rings is 3. The van der Waals surface area contributed by atoms with Gasteiger partial charge in [-0.05, 0) is 64.9 Å². The zero-order valence-corrected chi connectivity index (χ0v) is 19.7. The molecule has 0 radical (unpaired) electrons. The quantitative estimate of drug-likeness (QED) is 0.232. The van der Waals surface area contributed by atoms with Crippen LogP contribution in [-0.2, 0) is 11.3 Å². The number of nitrogens with zero attached hydrogens (tertiary/aromatic N) is 1. The van der Waals surface area contributed by atoms with E-state index in [1.54, 1.807) is 6.20 Å². The first-order chi connectivity index (χ1) is 17.0. The molecule has 1 heterocycles. The van der Waals surface area contributed by atoms with E-state index in [4.69, 9.17) is 11.5 Å². The minimum atomic E-state index is -0.629. The topological polar surface area (TPSA) is 126 Å². The number of aliphatic hydroxyl groups is 1. The average Bonchev–Trinajstić information content (AvgIpc) is 2.87. The Kier molecular flexibility index (Phi) is 7.48. The molecule has 3 aromatic carbocycles. The number of nitrogens with one attached hydrogen (secondary N) is 2. The number of rotatable bonds is 9. The molecule has 7 heteroatoms. The zero-order valence-electron chi connectivity index (χ0n) is 19.7. The summed E-state index contributed by atoms with van der Waals surface area (Å²) in [6, 6.07) is 22.3. The van der Waals surface area contributed by atoms with Gasteiger partial charge in [-0.1, -0.05) is 43.3 Å². The number of carbonyl (C=O) groups is 1. The van der Waals surface area contributed by atoms with Crippen LogP contribution in [0, 0.1) is 0 Å². The molecule has 0 saturated carbocycles. The highest BCUT2D eigenvalue weighted by atomic mass is 16.3. The van der Waals surface area contributed by atoms with Crippen molar-refractivity contribution in [2.75, 3.05) is 23.4 Å². The van der Waals surface area contributed by atoms with E-state index in [0.29, 0.717) is 18.1 Å². The molecule has 0 saturated heterocycles. The molecule has 35 heavy (non-hydrogen) atoms. The number of fused-ring (bicyclic) bond motifs is 1. The summed E-state index contributed by atoms with van der Waals surface area (Å²) >= 11 is 0. The maximum atomic E-state index is 13.4. The van der Waals surface area contributed by atoms with Gasteiger partial charge in [0.15, 0.2) is 0 Å². The lowest BCUT2D eigenvalue weighted by molar-refractivity contribution is -0.122. The third kappa shape index (κ3) is 5.70. The second-order valence-electron chi connectivity index (χ2n) is 8.63. The molecule has 2 unspecified atom stereocenters. The van der Waals surface area contributed by atoms with Crippen LogP contribution in [0.25, 0.3) is 10.8 Å². The molecule has 0 bridgehead atoms. The zero-order chi connectivity index (χ0) is 24.8. The molecule has 1 aromatic heterocycles. The van der Waals surface area contributed by atoms with Crippen LogP contribution in [-0.4, -0.2) is 22.6 Å². The van der Waals surface area contributed by atoms with Gasteiger partial charge in [-0.2, -0.15) is 0 Å². The van der Waals surface area contributed by atoms with Gasteiger partial charge in [-0.15, -0.1) is 0 Å². The first-order valence-electron chi connectivity index (χ1n) is 11.7. The van der Waals surface area contributed by atoms with E-state index in [1.807, 2.05) is 79.7 Å². The lowest BCUT2D eigenvalue weighted by Gasteiger charge is -2.21. The number of anilines is 3. The first kappa shape index (κ1) is 24.0. The van der Waals surface area contributed by atoms with Gasteiger partial charge in [0.2, 0.25) is 5.91 Å². The fraction of sp³-hybridized carbons (Fsp3) is 0.214. The van der Waals surface area contributed by atoms with Crippen LogP contribution in [0.5, 0.6) is 0 Å². The molecule has 0 aliphatic heterocycles. The van der Waals surface area contributed by atoms with Gasteiger partial charge in [0.25, 0.3) is 0 Å². The molecule has 7 nitrogen and oxygen atoms in total. The smallest absolute Gasteiger partial charge is 0.247 e. The van der Waals surface area contributed by atoms with Crippen LogP contribution in [0.3, 0.4) is 0 Å². The molecule has 4 aromatic rings. The number of carbonyl (C=O) groups excluding carboxylic acids is 1. The Morgan fingerprint density at radius 1 is 1.00 bits per heavy atom. The van der Waals surface area contributed by atoms with Crippen LogP contribution in [0.4, 0.5) is 17.2 Å². The lowest BCUT2D eigenvalue weighted by Crippen LogP contribution is -2.33. The first-order valence-corrected chi connectivity index (χ1v) is 11.7. The van der Waals surface area contributed by atoms with Crippen molar-refractivity contribution in [3.05, 3.63) is 95.7 Å². The molecule has 0 spiro atoms. The van der Waals surface area contributed by atoms with Gasteiger partial charge in [0.05, 0.1) is 0 Å². The average molecular weight is 470 g/mol. The summed E-state index contributed by atoms with van der Waals surface area (Å²) in [4.78, 5) is 17.5. The van der Waals surface area contributed by atoms with E-state index in [1.165, 1.54) is 0 Å². The summed E-state index contributed by atoms with van der Waals surface area (Å²) in [6.45, 7) is 2.50. The highest BCUT2D eigenvalue weighted by molar-refractivity contribution is 5.94. The number of pyridine rings is 1. The van der Waals surface area contributed by atoms with Gasteiger partial charge in [0.1, 0.15) is 11.9 Å². The number of hydrogen-bond donors (Lipinski definition) is 5. The van der Waals surface area contributed by atoms with Crippen LogP contribution in [0.2, 0.25) is 0 Å². The van der Waals surface area contributed by atoms with E-state index < -0.39 is 6.04 Å². The number of hydrogen-bond acceptors (Lipinski definition) is 6. The third-order valence-electron chi connectivity index (χ3n) is 6.24. The Hall–Kier alpha value is -4.10. The van der Waals surface area contributed by atoms with Crippen molar-refractivity contribution in [1.82, 2.24) is 10.3 Å². The Morgan fingerprint density at radius 3 is 2.49 bits per heavy atom. The predicted molar refractivity (Wildman–Crippen MR) is 142 cm³/mol. The number of nitrogens with two attached hydrogens (primary N) is 2. The molecule has 180 valence electrons. The number of amides is 1. The predicted octanol–water partition coefficient (Wildman–Crippen LogP) is 4.35. The van der Waals surface area contributed by atoms with Gasteiger partial charge in [-0.25, -0.2) is 4.98 Å². The molecule has 0 aliphatic carbocycles. The monoisotopic (exact) mass is 469 g/mol. The van der Waals surface area contributed by atoms with Crippen molar-refractivity contribution in [3.8, 4) is 0 Å². The van der Waals surface area contributed by atoms with Crippen LogP contribution in [0.1, 0.15) is 42.0 Å². The second-order valence-corrected chi connectivity index (χ2v) is 8.63. The molecular formula is C28H31N5O2. The Labute approximate surface area is 205 Å². The summed E-state index contributed by atoms with van der Waals surface area (Å²) < 4.78 is 0. The summed E-state index contributed by atoms with van der Waals surface area (Å²) in [5, 5.41) is 17.9. The van der Waals surface area contributed by atoms with Crippen molar-refractivity contribution in [3.63, 3.8) is 0 Å². The molecule has 2 atom stereocenters. The number of nitrogen functional groups attached to an aromatic ring is 2. The van der Waals surface area contributed by atoms with Crippen molar-refractivity contribution in [2.45, 2.75) is 31.8 Å². The van der Waals surface area contributed by atoms with Gasteiger partial charge < -0.3 is 27.2 Å². The van der Waals surface area contributed by atoms with E-state index in [0.717, 1.165) is 39.6 Å². The van der Waals surface area contributed by atoms with E-state index in [-0.39, 0.29) is 18.4 Å². The Morgan fingerprint density at radius 2 is 1.77 bits per heavy atom. The molecule has 1 amide bonds. The summed E-state index contributed by atoms with van der Waals surface area (Å²) in [5.74, 6) is 0.381. The van der Waals surface area contributed by atoms with Crippen LogP contribution >= 0.6 is 0 Å². The summed E-state index contributed by atoms with van der Waals surface area (Å²) in [6.07, 6.45) is 2.51. The second kappa shape index (κ2) is 10.9. The maximum Gasteiger partial charge on any atom is 0.247 e. The van der Waals surface area contributed by atoms with Crippen LogP contribution < -0.4 is 22.1 Å². The number of aromatic nitrogens is 1. The van der Waals surface area contributed by atoms with Crippen molar-refractivity contribution in [2.24, 2.45) is 0 Å². The Balaban J connectivity index is 1.61. The minimum Gasteiger partial charge on any atom is -0.399 e. The fourth-order valence-corrected chi connectivity index (χ4v) is 4.18. The van der Waals surface area contributed by atoms with Crippen molar-refractivity contribution < 1.29 is 9.90 Å². The van der Waals surface area contributed by atoms with Gasteiger partial charge in [-0.3, -0.25) is 4.79 Å². The SMILES string of the molecule is CCC(CO)c1ccc(C(Nc2ccc3c(N)nccc3c2)C(=O)NCc2cccc(N)c2)cc1. The van der Waals surface area contributed by atoms with Gasteiger partial charge in [0, 0.05) is 42.0 Å². The summed E-state index contributed by atoms with van der Waals surface area (Å²) in [5.41, 5.74) is 16.1. The third-order valence-corrected chi connectivity index (χ3v) is 6.24. The minimum absolute atomic E-state index is 0.0763. The molecular weight excluding hydrogens is 438 g/mol. The van der Waals surface area contributed by atoms with E-state index in [9.17, 15) is 9.90 Å². The standard InChI is InChI=1S/C28H31N5O2/c1-2-19(17-34)20-6-8-21(9-7-20)26(28(35)32-16-18-4-3-5-23(29)14-18)33-24-10-11-25-22(15-24)12-13-31-27(25)30/h3-15,19,26,33-34H,2,16-17,29H2,1H3,(H2,30,31)(H,32,35).